The number of aliphatic hydroxyl groups excluding tert-OH is 1. The van der Waals surface area contributed by atoms with Gasteiger partial charge in [0.2, 0.25) is 0 Å². The van der Waals surface area contributed by atoms with E-state index in [1.54, 1.807) is 13.3 Å². The van der Waals surface area contributed by atoms with Crippen molar-refractivity contribution in [2.75, 3.05) is 7.11 Å². The van der Waals surface area contributed by atoms with Gasteiger partial charge in [-0.15, -0.1) is 0 Å². The van der Waals surface area contributed by atoms with Crippen LogP contribution in [-0.2, 0) is 6.42 Å². The molecule has 4 nitrogen and oxygen atoms in total. The van der Waals surface area contributed by atoms with Crippen LogP contribution in [-0.4, -0.2) is 23.3 Å². The highest BCUT2D eigenvalue weighted by Crippen LogP contribution is 2.34. The minimum atomic E-state index is -0.610. The van der Waals surface area contributed by atoms with E-state index in [1.807, 2.05) is 36.4 Å². The van der Waals surface area contributed by atoms with Gasteiger partial charge in [-0.3, -0.25) is 4.98 Å². The number of methoxy groups -OCH3 is 1. The molecule has 0 aliphatic heterocycles. The Labute approximate surface area is 137 Å². The van der Waals surface area contributed by atoms with Crippen LogP contribution in [0.4, 0.5) is 0 Å². The molecule has 1 aliphatic rings. The summed E-state index contributed by atoms with van der Waals surface area (Å²) in [6.45, 7) is 0. The summed E-state index contributed by atoms with van der Waals surface area (Å²) in [5.41, 5.74) is 1.69. The van der Waals surface area contributed by atoms with E-state index in [1.165, 1.54) is 12.8 Å². The van der Waals surface area contributed by atoms with E-state index >= 15 is 0 Å². The second-order valence-corrected chi connectivity index (χ2v) is 5.98. The van der Waals surface area contributed by atoms with Gasteiger partial charge in [0.15, 0.2) is 11.5 Å². The van der Waals surface area contributed by atoms with Crippen molar-refractivity contribution in [2.24, 2.45) is 0 Å². The Hall–Kier alpha value is -2.07. The third-order valence-corrected chi connectivity index (χ3v) is 4.30. The summed E-state index contributed by atoms with van der Waals surface area (Å²) in [4.78, 5) is 4.27. The number of pyridine rings is 1. The predicted octanol–water partition coefficient (Wildman–Crippen LogP) is 3.69. The number of hydrogen-bond acceptors (Lipinski definition) is 4. The second-order valence-electron chi connectivity index (χ2n) is 5.98. The van der Waals surface area contributed by atoms with E-state index in [0.29, 0.717) is 12.2 Å². The first-order chi connectivity index (χ1) is 11.3. The number of aromatic nitrogens is 1. The highest BCUT2D eigenvalue weighted by Gasteiger charge is 2.20. The van der Waals surface area contributed by atoms with Crippen LogP contribution in [0.5, 0.6) is 11.5 Å². The van der Waals surface area contributed by atoms with E-state index in [-0.39, 0.29) is 6.10 Å². The molecule has 1 heterocycles. The number of aliphatic hydroxyl groups is 1. The molecule has 4 heteroatoms. The Bertz CT molecular complexity index is 624. The van der Waals surface area contributed by atoms with E-state index in [9.17, 15) is 5.11 Å². The molecule has 1 fully saturated rings. The van der Waals surface area contributed by atoms with E-state index < -0.39 is 6.10 Å². The highest BCUT2D eigenvalue weighted by atomic mass is 16.5. The number of nitrogens with zero attached hydrogens (tertiary/aromatic N) is 1. The van der Waals surface area contributed by atoms with Crippen LogP contribution >= 0.6 is 0 Å². The molecule has 1 aliphatic carbocycles. The minimum Gasteiger partial charge on any atom is -0.493 e. The van der Waals surface area contributed by atoms with Gasteiger partial charge in [-0.2, -0.15) is 0 Å². The lowest BCUT2D eigenvalue weighted by molar-refractivity contribution is 0.173. The molecule has 0 saturated heterocycles. The van der Waals surface area contributed by atoms with Crippen LogP contribution < -0.4 is 9.47 Å². The van der Waals surface area contributed by atoms with Gasteiger partial charge in [-0.05, 0) is 55.5 Å². The van der Waals surface area contributed by atoms with Crippen molar-refractivity contribution in [1.82, 2.24) is 4.98 Å². The third kappa shape index (κ3) is 4.02. The van der Waals surface area contributed by atoms with Crippen LogP contribution in [0.2, 0.25) is 0 Å². The van der Waals surface area contributed by atoms with Gasteiger partial charge in [-0.1, -0.05) is 12.1 Å². The number of rotatable bonds is 6. The monoisotopic (exact) mass is 313 g/mol. The first kappa shape index (κ1) is 15.8. The van der Waals surface area contributed by atoms with Crippen molar-refractivity contribution in [3.63, 3.8) is 0 Å². The molecule has 23 heavy (non-hydrogen) atoms. The lowest BCUT2D eigenvalue weighted by Gasteiger charge is -2.18. The SMILES string of the molecule is COc1ccc(C(O)Cc2ccccn2)cc1OC1CCCC1. The molecule has 1 N–H and O–H groups in total. The molecule has 1 unspecified atom stereocenters. The van der Waals surface area contributed by atoms with Crippen LogP contribution in [0, 0.1) is 0 Å². The van der Waals surface area contributed by atoms with Crippen molar-refractivity contribution in [2.45, 2.75) is 44.3 Å². The molecule has 0 radical (unpaired) electrons. The van der Waals surface area contributed by atoms with Gasteiger partial charge < -0.3 is 14.6 Å². The van der Waals surface area contributed by atoms with Crippen molar-refractivity contribution in [3.8, 4) is 11.5 Å². The topological polar surface area (TPSA) is 51.6 Å². The Morgan fingerprint density at radius 1 is 1.17 bits per heavy atom. The first-order valence-electron chi connectivity index (χ1n) is 8.19. The molecule has 1 saturated carbocycles. The van der Waals surface area contributed by atoms with Crippen molar-refractivity contribution in [1.29, 1.82) is 0 Å². The fourth-order valence-electron chi connectivity index (χ4n) is 3.01. The highest BCUT2D eigenvalue weighted by molar-refractivity contribution is 5.44. The molecule has 0 amide bonds. The molecule has 2 aromatic rings. The largest absolute Gasteiger partial charge is 0.493 e. The average Bonchev–Trinajstić information content (AvgIpc) is 3.09. The molecule has 1 aromatic heterocycles. The maximum absolute atomic E-state index is 10.5. The molecule has 3 rings (SSSR count). The summed E-state index contributed by atoms with van der Waals surface area (Å²) in [6.07, 6.45) is 6.48. The molecule has 0 bridgehead atoms. The quantitative estimate of drug-likeness (QED) is 0.883. The van der Waals surface area contributed by atoms with Gasteiger partial charge in [0.05, 0.1) is 19.3 Å². The van der Waals surface area contributed by atoms with E-state index in [2.05, 4.69) is 4.98 Å². The Morgan fingerprint density at radius 3 is 2.70 bits per heavy atom. The smallest absolute Gasteiger partial charge is 0.161 e. The third-order valence-electron chi connectivity index (χ3n) is 4.30. The second kappa shape index (κ2) is 7.47. The zero-order valence-corrected chi connectivity index (χ0v) is 13.4. The molecular formula is C19H23NO3. The molecular weight excluding hydrogens is 290 g/mol. The Morgan fingerprint density at radius 2 is 2.00 bits per heavy atom. The first-order valence-corrected chi connectivity index (χ1v) is 8.19. The van der Waals surface area contributed by atoms with Crippen LogP contribution in [0.3, 0.4) is 0 Å². The van der Waals surface area contributed by atoms with E-state index in [0.717, 1.165) is 29.8 Å². The van der Waals surface area contributed by atoms with Gasteiger partial charge in [-0.25, -0.2) is 0 Å². The van der Waals surface area contributed by atoms with Crippen LogP contribution in [0.15, 0.2) is 42.6 Å². The van der Waals surface area contributed by atoms with Gasteiger partial charge in [0, 0.05) is 18.3 Å². The normalized spacial score (nSPS) is 16.3. The van der Waals surface area contributed by atoms with Crippen molar-refractivity contribution < 1.29 is 14.6 Å². The number of hydrogen-bond donors (Lipinski definition) is 1. The summed E-state index contributed by atoms with van der Waals surface area (Å²) in [5.74, 6) is 1.43. The number of benzene rings is 1. The Kier molecular flexibility index (Phi) is 5.13. The fraction of sp³-hybridized carbons (Fsp3) is 0.421. The molecule has 1 atom stereocenters. The minimum absolute atomic E-state index is 0.257. The standard InChI is InChI=1S/C19H23NO3/c1-22-18-10-9-14(12-19(18)23-16-7-2-3-8-16)17(21)13-15-6-4-5-11-20-15/h4-6,9-12,16-17,21H,2-3,7-8,13H2,1H3. The summed E-state index contributed by atoms with van der Waals surface area (Å²) in [7, 11) is 1.64. The fourth-order valence-corrected chi connectivity index (χ4v) is 3.01. The summed E-state index contributed by atoms with van der Waals surface area (Å²) < 4.78 is 11.5. The van der Waals surface area contributed by atoms with Crippen molar-refractivity contribution in [3.05, 3.63) is 53.9 Å². The average molecular weight is 313 g/mol. The predicted molar refractivity (Wildman–Crippen MR) is 88.8 cm³/mol. The maximum atomic E-state index is 10.5. The van der Waals surface area contributed by atoms with Crippen LogP contribution in [0.25, 0.3) is 0 Å². The Balaban J connectivity index is 1.76. The van der Waals surface area contributed by atoms with Crippen LogP contribution in [0.1, 0.15) is 43.0 Å². The molecule has 0 spiro atoms. The molecule has 122 valence electrons. The van der Waals surface area contributed by atoms with Crippen molar-refractivity contribution >= 4 is 0 Å². The summed E-state index contributed by atoms with van der Waals surface area (Å²) in [6, 6.07) is 11.4. The van der Waals surface area contributed by atoms with Gasteiger partial charge in [0.25, 0.3) is 0 Å². The summed E-state index contributed by atoms with van der Waals surface area (Å²) in [5, 5.41) is 10.5. The maximum Gasteiger partial charge on any atom is 0.161 e. The number of ether oxygens (including phenoxy) is 2. The molecule has 1 aromatic carbocycles. The summed E-state index contributed by atoms with van der Waals surface area (Å²) >= 11 is 0. The zero-order chi connectivity index (χ0) is 16.1. The lowest BCUT2D eigenvalue weighted by atomic mass is 10.0. The van der Waals surface area contributed by atoms with E-state index in [4.69, 9.17) is 9.47 Å². The zero-order valence-electron chi connectivity index (χ0n) is 13.4. The van der Waals surface area contributed by atoms with Gasteiger partial charge >= 0.3 is 0 Å². The lowest BCUT2D eigenvalue weighted by Crippen LogP contribution is -2.12. The van der Waals surface area contributed by atoms with Gasteiger partial charge in [0.1, 0.15) is 0 Å².